The minimum absolute atomic E-state index is 0.129. The standard InChI is InChI=1S/C19H15F3N6O2S/c1-9-4-5-10(2)15-14(9)24-18(31-15)25-17(29)11-8-23-28(16(11)19(20,21)22)12-6-7-13(30-3)27-26-12/h4-8H,1-3H3,(H,24,25,29). The molecule has 3 heterocycles. The van der Waals surface area contributed by atoms with Crippen molar-refractivity contribution < 1.29 is 22.7 Å². The van der Waals surface area contributed by atoms with Crippen molar-refractivity contribution in [2.75, 3.05) is 12.4 Å². The summed E-state index contributed by atoms with van der Waals surface area (Å²) < 4.78 is 47.7. The maximum Gasteiger partial charge on any atom is 0.434 e. The molecule has 0 spiro atoms. The summed E-state index contributed by atoms with van der Waals surface area (Å²) in [4.78, 5) is 17.1. The summed E-state index contributed by atoms with van der Waals surface area (Å²) in [6.07, 6.45) is -4.03. The molecule has 3 aromatic heterocycles. The molecule has 0 unspecified atom stereocenters. The number of nitrogens with zero attached hydrogens (tertiary/aromatic N) is 5. The van der Waals surface area contributed by atoms with E-state index in [9.17, 15) is 18.0 Å². The molecule has 0 radical (unpaired) electrons. The predicted molar refractivity (Wildman–Crippen MR) is 108 cm³/mol. The second-order valence-corrected chi connectivity index (χ2v) is 7.60. The Morgan fingerprint density at radius 1 is 1.13 bits per heavy atom. The van der Waals surface area contributed by atoms with E-state index in [-0.39, 0.29) is 16.8 Å². The first-order chi connectivity index (χ1) is 14.7. The summed E-state index contributed by atoms with van der Waals surface area (Å²) in [6.45, 7) is 3.77. The van der Waals surface area contributed by atoms with E-state index < -0.39 is 23.3 Å². The fraction of sp³-hybridized carbons (Fsp3) is 0.211. The lowest BCUT2D eigenvalue weighted by Gasteiger charge is -2.11. The Hall–Kier alpha value is -3.54. The van der Waals surface area contributed by atoms with Gasteiger partial charge in [0.2, 0.25) is 5.88 Å². The number of nitrogens with one attached hydrogen (secondary N) is 1. The number of carbonyl (C=O) groups excluding carboxylic acids is 1. The van der Waals surface area contributed by atoms with E-state index in [1.807, 2.05) is 26.0 Å². The first-order valence-electron chi connectivity index (χ1n) is 8.90. The Kier molecular flexibility index (Phi) is 5.09. The quantitative estimate of drug-likeness (QED) is 0.504. The molecule has 0 saturated carbocycles. The SMILES string of the molecule is COc1ccc(-n2ncc(C(=O)Nc3nc4c(C)ccc(C)c4s3)c2C(F)(F)F)nn1. The molecule has 4 rings (SSSR count). The van der Waals surface area contributed by atoms with E-state index in [0.29, 0.717) is 10.2 Å². The number of carbonyl (C=O) groups is 1. The minimum atomic E-state index is -4.87. The van der Waals surface area contributed by atoms with Gasteiger partial charge >= 0.3 is 6.18 Å². The third-order valence-electron chi connectivity index (χ3n) is 4.50. The predicted octanol–water partition coefficient (Wildman–Crippen LogP) is 4.17. The fourth-order valence-corrected chi connectivity index (χ4v) is 3.98. The van der Waals surface area contributed by atoms with Crippen molar-refractivity contribution in [3.05, 3.63) is 52.8 Å². The van der Waals surface area contributed by atoms with Gasteiger partial charge in [-0.2, -0.15) is 18.3 Å². The number of ether oxygens (including phenoxy) is 1. The van der Waals surface area contributed by atoms with Crippen LogP contribution in [0.15, 0.2) is 30.5 Å². The Morgan fingerprint density at radius 2 is 1.87 bits per heavy atom. The number of aryl methyl sites for hydroxylation is 2. The monoisotopic (exact) mass is 448 g/mol. The maximum absolute atomic E-state index is 13.8. The van der Waals surface area contributed by atoms with Crippen LogP contribution in [0.2, 0.25) is 0 Å². The lowest BCUT2D eigenvalue weighted by atomic mass is 10.1. The van der Waals surface area contributed by atoms with Crippen LogP contribution in [0.3, 0.4) is 0 Å². The minimum Gasteiger partial charge on any atom is -0.480 e. The number of methoxy groups -OCH3 is 1. The van der Waals surface area contributed by atoms with Crippen molar-refractivity contribution in [1.82, 2.24) is 25.0 Å². The zero-order valence-electron chi connectivity index (χ0n) is 16.5. The summed E-state index contributed by atoms with van der Waals surface area (Å²) in [5.74, 6) is -1.06. The number of benzene rings is 1. The van der Waals surface area contributed by atoms with Gasteiger partial charge in [0.05, 0.1) is 29.1 Å². The van der Waals surface area contributed by atoms with Crippen molar-refractivity contribution in [3.8, 4) is 11.7 Å². The van der Waals surface area contributed by atoms with Gasteiger partial charge in [-0.15, -0.1) is 10.2 Å². The summed E-state index contributed by atoms with van der Waals surface area (Å²) in [5.41, 5.74) is 0.635. The van der Waals surface area contributed by atoms with Crippen molar-refractivity contribution in [2.24, 2.45) is 0 Å². The van der Waals surface area contributed by atoms with Crippen molar-refractivity contribution in [1.29, 1.82) is 0 Å². The smallest absolute Gasteiger partial charge is 0.434 e. The van der Waals surface area contributed by atoms with E-state index in [0.717, 1.165) is 22.0 Å². The molecule has 1 aromatic carbocycles. The van der Waals surface area contributed by atoms with Crippen LogP contribution in [0, 0.1) is 13.8 Å². The van der Waals surface area contributed by atoms with Crippen molar-refractivity contribution in [3.63, 3.8) is 0 Å². The first kappa shape index (κ1) is 20.7. The molecule has 8 nitrogen and oxygen atoms in total. The fourth-order valence-electron chi connectivity index (χ4n) is 2.97. The third-order valence-corrected chi connectivity index (χ3v) is 5.60. The van der Waals surface area contributed by atoms with E-state index in [1.54, 1.807) is 0 Å². The first-order valence-corrected chi connectivity index (χ1v) is 9.72. The maximum atomic E-state index is 13.8. The molecule has 0 bridgehead atoms. The number of aromatic nitrogens is 5. The van der Waals surface area contributed by atoms with Crippen LogP contribution >= 0.6 is 11.3 Å². The van der Waals surface area contributed by atoms with Gasteiger partial charge in [0.25, 0.3) is 5.91 Å². The molecule has 31 heavy (non-hydrogen) atoms. The third kappa shape index (κ3) is 3.81. The molecule has 1 N–H and O–H groups in total. The number of rotatable bonds is 4. The number of hydrogen-bond donors (Lipinski definition) is 1. The highest BCUT2D eigenvalue weighted by Gasteiger charge is 2.41. The molecule has 4 aromatic rings. The van der Waals surface area contributed by atoms with Gasteiger partial charge in [-0.3, -0.25) is 10.1 Å². The Balaban J connectivity index is 1.72. The normalized spacial score (nSPS) is 11.7. The average molecular weight is 448 g/mol. The van der Waals surface area contributed by atoms with Gasteiger partial charge in [0, 0.05) is 6.07 Å². The summed E-state index contributed by atoms with van der Waals surface area (Å²) in [5, 5.41) is 13.7. The van der Waals surface area contributed by atoms with Crippen LogP contribution in [0.5, 0.6) is 5.88 Å². The highest BCUT2D eigenvalue weighted by Crippen LogP contribution is 2.35. The molecule has 0 atom stereocenters. The van der Waals surface area contributed by atoms with Gasteiger partial charge in [-0.05, 0) is 31.0 Å². The van der Waals surface area contributed by atoms with Gasteiger partial charge in [-0.1, -0.05) is 23.5 Å². The van der Waals surface area contributed by atoms with Crippen LogP contribution in [0.4, 0.5) is 18.3 Å². The van der Waals surface area contributed by atoms with Crippen LogP contribution in [0.25, 0.3) is 16.0 Å². The van der Waals surface area contributed by atoms with Crippen LogP contribution in [-0.2, 0) is 6.18 Å². The van der Waals surface area contributed by atoms with Gasteiger partial charge in [-0.25, -0.2) is 9.67 Å². The molecule has 0 aliphatic rings. The van der Waals surface area contributed by atoms with Crippen molar-refractivity contribution in [2.45, 2.75) is 20.0 Å². The second kappa shape index (κ2) is 7.61. The highest BCUT2D eigenvalue weighted by atomic mass is 32.1. The van der Waals surface area contributed by atoms with Crippen LogP contribution in [0.1, 0.15) is 27.2 Å². The second-order valence-electron chi connectivity index (χ2n) is 6.60. The lowest BCUT2D eigenvalue weighted by molar-refractivity contribution is -0.143. The average Bonchev–Trinajstić information content (AvgIpc) is 3.36. The number of hydrogen-bond acceptors (Lipinski definition) is 7. The molecule has 0 aliphatic carbocycles. The molecular formula is C19H15F3N6O2S. The zero-order chi connectivity index (χ0) is 22.3. The zero-order valence-corrected chi connectivity index (χ0v) is 17.3. The van der Waals surface area contributed by atoms with E-state index in [2.05, 4.69) is 25.6 Å². The largest absolute Gasteiger partial charge is 0.480 e. The van der Waals surface area contributed by atoms with E-state index in [4.69, 9.17) is 4.74 Å². The molecular weight excluding hydrogens is 433 g/mol. The number of anilines is 1. The highest BCUT2D eigenvalue weighted by molar-refractivity contribution is 7.22. The van der Waals surface area contributed by atoms with Gasteiger partial charge < -0.3 is 4.74 Å². The topological polar surface area (TPSA) is 94.8 Å². The number of fused-ring (bicyclic) bond motifs is 1. The van der Waals surface area contributed by atoms with E-state index >= 15 is 0 Å². The van der Waals surface area contributed by atoms with E-state index in [1.165, 1.54) is 30.6 Å². The molecule has 160 valence electrons. The number of halogens is 3. The van der Waals surface area contributed by atoms with Gasteiger partial charge in [0.1, 0.15) is 0 Å². The summed E-state index contributed by atoms with van der Waals surface area (Å²) >= 11 is 1.19. The summed E-state index contributed by atoms with van der Waals surface area (Å²) in [7, 11) is 1.35. The molecule has 0 aliphatic heterocycles. The lowest BCUT2D eigenvalue weighted by Crippen LogP contribution is -2.21. The van der Waals surface area contributed by atoms with Crippen LogP contribution in [-0.4, -0.2) is 38.0 Å². The summed E-state index contributed by atoms with van der Waals surface area (Å²) in [6, 6.07) is 6.42. The Labute approximate surface area is 177 Å². The van der Waals surface area contributed by atoms with Crippen molar-refractivity contribution >= 4 is 32.6 Å². The molecule has 12 heteroatoms. The molecule has 1 amide bonds. The van der Waals surface area contributed by atoms with Gasteiger partial charge in [0.15, 0.2) is 16.6 Å². The molecule has 0 fully saturated rings. The number of amides is 1. The Morgan fingerprint density at radius 3 is 2.48 bits per heavy atom. The number of thiazole rings is 1. The number of alkyl halides is 3. The Bertz CT molecular complexity index is 1240. The molecule has 0 saturated heterocycles. The van der Waals surface area contributed by atoms with Crippen LogP contribution < -0.4 is 10.1 Å².